The Balaban J connectivity index is 2.65. The molecule has 0 heterocycles. The molecule has 0 aliphatic heterocycles. The molecule has 2 aromatic carbocycles. The maximum Gasteiger partial charge on any atom is 0.136 e. The molecule has 0 aliphatic rings. The Hall–Kier alpha value is -1.52. The van der Waals surface area contributed by atoms with Gasteiger partial charge < -0.3 is 5.32 Å². The quantitative estimate of drug-likeness (QED) is 0.893. The molecule has 1 nitrogen and oxygen atoms in total. The second kappa shape index (κ2) is 5.63. The molecule has 0 aliphatic carbocycles. The lowest BCUT2D eigenvalue weighted by Crippen LogP contribution is -2.07. The molecule has 0 radical (unpaired) electrons. The smallest absolute Gasteiger partial charge is 0.136 e. The van der Waals surface area contributed by atoms with Crippen molar-refractivity contribution in [2.24, 2.45) is 0 Å². The Morgan fingerprint density at radius 1 is 1.05 bits per heavy atom. The van der Waals surface area contributed by atoms with Gasteiger partial charge in [-0.05, 0) is 30.3 Å². The number of hydrogen-bond acceptors (Lipinski definition) is 1. The van der Waals surface area contributed by atoms with Crippen LogP contribution in [0, 0.1) is 17.5 Å². The molecule has 1 N–H and O–H groups in total. The third kappa shape index (κ3) is 2.91. The summed E-state index contributed by atoms with van der Waals surface area (Å²) < 4.78 is 40.5. The Labute approximate surface area is 114 Å². The van der Waals surface area contributed by atoms with E-state index in [0.29, 0.717) is 34.8 Å². The van der Waals surface area contributed by atoms with Crippen molar-refractivity contribution in [2.75, 3.05) is 7.05 Å². The van der Waals surface area contributed by atoms with Gasteiger partial charge in [-0.1, -0.05) is 17.7 Å². The van der Waals surface area contributed by atoms with E-state index in [9.17, 15) is 13.2 Å². The first-order valence-electron chi connectivity index (χ1n) is 5.61. The molecular formula is C14H11ClF3N. The Morgan fingerprint density at radius 2 is 1.68 bits per heavy atom. The predicted molar refractivity (Wildman–Crippen MR) is 69.5 cm³/mol. The van der Waals surface area contributed by atoms with Gasteiger partial charge in [0.05, 0.1) is 5.56 Å². The number of hydrogen-bond donors (Lipinski definition) is 1. The third-order valence-electron chi connectivity index (χ3n) is 2.71. The van der Waals surface area contributed by atoms with E-state index in [1.54, 1.807) is 13.1 Å². The normalized spacial score (nSPS) is 10.8. The molecule has 100 valence electrons. The van der Waals surface area contributed by atoms with E-state index in [2.05, 4.69) is 5.32 Å². The summed E-state index contributed by atoms with van der Waals surface area (Å²) in [5.41, 5.74) is 0.747. The summed E-state index contributed by atoms with van der Waals surface area (Å²) in [7, 11) is 1.71. The van der Waals surface area contributed by atoms with Gasteiger partial charge in [0.2, 0.25) is 0 Å². The summed E-state index contributed by atoms with van der Waals surface area (Å²) in [6.07, 6.45) is 0. The highest BCUT2D eigenvalue weighted by atomic mass is 35.5. The fourth-order valence-electron chi connectivity index (χ4n) is 1.94. The van der Waals surface area contributed by atoms with Crippen molar-refractivity contribution in [1.82, 2.24) is 5.32 Å². The van der Waals surface area contributed by atoms with Gasteiger partial charge in [-0.3, -0.25) is 0 Å². The number of nitrogens with one attached hydrogen (secondary N) is 1. The largest absolute Gasteiger partial charge is 0.316 e. The van der Waals surface area contributed by atoms with Gasteiger partial charge in [0.1, 0.15) is 17.5 Å². The van der Waals surface area contributed by atoms with E-state index in [-0.39, 0.29) is 5.56 Å². The highest BCUT2D eigenvalue weighted by Crippen LogP contribution is 2.31. The van der Waals surface area contributed by atoms with Crippen LogP contribution < -0.4 is 5.32 Å². The summed E-state index contributed by atoms with van der Waals surface area (Å²) in [6.45, 7) is 0.395. The minimum absolute atomic E-state index is 0.247. The van der Waals surface area contributed by atoms with Crippen LogP contribution in [-0.2, 0) is 6.54 Å². The highest BCUT2D eigenvalue weighted by Gasteiger charge is 2.16. The van der Waals surface area contributed by atoms with E-state index in [4.69, 9.17) is 11.6 Å². The second-order valence-electron chi connectivity index (χ2n) is 4.08. The van der Waals surface area contributed by atoms with Crippen molar-refractivity contribution < 1.29 is 13.2 Å². The molecule has 5 heteroatoms. The average Bonchev–Trinajstić information content (AvgIpc) is 2.31. The standard InChI is InChI=1S/C14H11ClF3N/c1-19-7-8-4-9(15)2-3-11(8)14-12(17)5-10(16)6-13(14)18/h2-6,19H,7H2,1H3. The number of benzene rings is 2. The first-order chi connectivity index (χ1) is 9.02. The molecule has 0 amide bonds. The van der Waals surface area contributed by atoms with Gasteiger partial charge >= 0.3 is 0 Å². The van der Waals surface area contributed by atoms with E-state index in [0.717, 1.165) is 0 Å². The lowest BCUT2D eigenvalue weighted by Gasteiger charge is -2.12. The Kier molecular flexibility index (Phi) is 4.12. The average molecular weight is 286 g/mol. The lowest BCUT2D eigenvalue weighted by molar-refractivity contribution is 0.547. The van der Waals surface area contributed by atoms with E-state index >= 15 is 0 Å². The van der Waals surface area contributed by atoms with Crippen LogP contribution in [0.3, 0.4) is 0 Å². The molecule has 0 unspecified atom stereocenters. The van der Waals surface area contributed by atoms with Crippen LogP contribution in [0.2, 0.25) is 5.02 Å². The van der Waals surface area contributed by atoms with Crippen LogP contribution in [0.15, 0.2) is 30.3 Å². The third-order valence-corrected chi connectivity index (χ3v) is 2.95. The van der Waals surface area contributed by atoms with Crippen LogP contribution in [-0.4, -0.2) is 7.05 Å². The molecule has 0 bridgehead atoms. The summed E-state index contributed by atoms with van der Waals surface area (Å²) in [6, 6.07) is 6.01. The van der Waals surface area contributed by atoms with Crippen molar-refractivity contribution in [3.8, 4) is 11.1 Å². The molecule has 0 saturated heterocycles. The number of rotatable bonds is 3. The second-order valence-corrected chi connectivity index (χ2v) is 4.51. The molecule has 0 aromatic heterocycles. The van der Waals surface area contributed by atoms with Gasteiger partial charge in [0, 0.05) is 23.7 Å². The first-order valence-corrected chi connectivity index (χ1v) is 5.98. The molecule has 2 aromatic rings. The van der Waals surface area contributed by atoms with Crippen molar-refractivity contribution in [3.05, 3.63) is 58.4 Å². The maximum atomic E-state index is 13.8. The van der Waals surface area contributed by atoms with Crippen LogP contribution in [0.25, 0.3) is 11.1 Å². The molecule has 0 atom stereocenters. The molecule has 0 saturated carbocycles. The van der Waals surface area contributed by atoms with Gasteiger partial charge in [-0.25, -0.2) is 13.2 Å². The zero-order valence-electron chi connectivity index (χ0n) is 10.1. The summed E-state index contributed by atoms with van der Waals surface area (Å²) in [4.78, 5) is 0. The van der Waals surface area contributed by atoms with Crippen molar-refractivity contribution in [1.29, 1.82) is 0 Å². The predicted octanol–water partition coefficient (Wildman–Crippen LogP) is 4.14. The van der Waals surface area contributed by atoms with Crippen LogP contribution in [0.4, 0.5) is 13.2 Å². The van der Waals surface area contributed by atoms with Gasteiger partial charge in [-0.15, -0.1) is 0 Å². The van der Waals surface area contributed by atoms with Crippen molar-refractivity contribution >= 4 is 11.6 Å². The molecule has 0 fully saturated rings. The van der Waals surface area contributed by atoms with E-state index in [1.165, 1.54) is 12.1 Å². The Bertz CT molecular complexity index is 591. The lowest BCUT2D eigenvalue weighted by atomic mass is 9.98. The topological polar surface area (TPSA) is 12.0 Å². The monoisotopic (exact) mass is 285 g/mol. The maximum absolute atomic E-state index is 13.8. The zero-order valence-corrected chi connectivity index (χ0v) is 10.9. The van der Waals surface area contributed by atoms with Crippen molar-refractivity contribution in [2.45, 2.75) is 6.54 Å². The zero-order chi connectivity index (χ0) is 14.0. The summed E-state index contributed by atoms with van der Waals surface area (Å²) in [5.74, 6) is -2.81. The van der Waals surface area contributed by atoms with Crippen LogP contribution in [0.1, 0.15) is 5.56 Å². The van der Waals surface area contributed by atoms with Crippen LogP contribution >= 0.6 is 11.6 Å². The highest BCUT2D eigenvalue weighted by molar-refractivity contribution is 6.30. The fraction of sp³-hybridized carbons (Fsp3) is 0.143. The van der Waals surface area contributed by atoms with Gasteiger partial charge in [-0.2, -0.15) is 0 Å². The van der Waals surface area contributed by atoms with Crippen molar-refractivity contribution in [3.63, 3.8) is 0 Å². The number of halogens is 4. The summed E-state index contributed by atoms with van der Waals surface area (Å²) in [5, 5.41) is 3.36. The SMILES string of the molecule is CNCc1cc(Cl)ccc1-c1c(F)cc(F)cc1F. The fourth-order valence-corrected chi connectivity index (χ4v) is 2.14. The van der Waals surface area contributed by atoms with Gasteiger partial charge in [0.15, 0.2) is 0 Å². The van der Waals surface area contributed by atoms with Gasteiger partial charge in [0.25, 0.3) is 0 Å². The molecule has 0 spiro atoms. The van der Waals surface area contributed by atoms with E-state index in [1.807, 2.05) is 0 Å². The minimum atomic E-state index is -0.942. The van der Waals surface area contributed by atoms with E-state index < -0.39 is 17.5 Å². The molecule has 2 rings (SSSR count). The molecule has 19 heavy (non-hydrogen) atoms. The Morgan fingerprint density at radius 3 is 2.26 bits per heavy atom. The van der Waals surface area contributed by atoms with Crippen LogP contribution in [0.5, 0.6) is 0 Å². The first kappa shape index (κ1) is 13.9. The molecular weight excluding hydrogens is 275 g/mol. The summed E-state index contributed by atoms with van der Waals surface area (Å²) >= 11 is 5.87. The minimum Gasteiger partial charge on any atom is -0.316 e.